The number of hydrogen-bond acceptors (Lipinski definition) is 5. The van der Waals surface area contributed by atoms with Crippen LogP contribution in [0.3, 0.4) is 0 Å². The van der Waals surface area contributed by atoms with Crippen molar-refractivity contribution in [2.24, 2.45) is 4.99 Å². The number of rotatable bonds is 4. The second-order valence-electron chi connectivity index (χ2n) is 6.40. The Labute approximate surface area is 192 Å². The Morgan fingerprint density at radius 1 is 0.968 bits per heavy atom. The van der Waals surface area contributed by atoms with E-state index < -0.39 is 5.97 Å². The summed E-state index contributed by atoms with van der Waals surface area (Å²) in [6, 6.07) is 20.4. The molecule has 1 amide bonds. The van der Waals surface area contributed by atoms with E-state index >= 15 is 0 Å². The Morgan fingerprint density at radius 2 is 1.68 bits per heavy atom. The number of esters is 1. The molecule has 3 aromatic rings. The summed E-state index contributed by atoms with van der Waals surface area (Å²) in [7, 11) is 0. The van der Waals surface area contributed by atoms with Crippen molar-refractivity contribution in [2.75, 3.05) is 0 Å². The van der Waals surface area contributed by atoms with Crippen molar-refractivity contribution in [3.05, 3.63) is 98.9 Å². The van der Waals surface area contributed by atoms with Gasteiger partial charge in [-0.3, -0.25) is 4.79 Å². The summed E-state index contributed by atoms with van der Waals surface area (Å²) in [5, 5.41) is 4.23. The number of carbonyl (C=O) groups is 2. The average molecular weight is 469 g/mol. The summed E-state index contributed by atoms with van der Waals surface area (Å²) in [6.07, 6.45) is 1.74. The molecule has 31 heavy (non-hydrogen) atoms. The first-order valence-corrected chi connectivity index (χ1v) is 10.7. The average Bonchev–Trinajstić information content (AvgIpc) is 3.10. The molecule has 1 aliphatic heterocycles. The highest BCUT2D eigenvalue weighted by Crippen LogP contribution is 2.31. The van der Waals surface area contributed by atoms with Gasteiger partial charge in [0.1, 0.15) is 5.75 Å². The maximum Gasteiger partial charge on any atom is 0.343 e. The minimum atomic E-state index is -0.478. The summed E-state index contributed by atoms with van der Waals surface area (Å²) >= 11 is 13.2. The third-order valence-corrected chi connectivity index (χ3v) is 5.68. The zero-order valence-corrected chi connectivity index (χ0v) is 18.2. The lowest BCUT2D eigenvalue weighted by atomic mass is 10.2. The van der Waals surface area contributed by atoms with E-state index in [0.717, 1.165) is 5.56 Å². The molecule has 154 valence electrons. The van der Waals surface area contributed by atoms with Crippen LogP contribution in [-0.4, -0.2) is 17.0 Å². The van der Waals surface area contributed by atoms with Crippen LogP contribution in [0.5, 0.6) is 5.75 Å². The van der Waals surface area contributed by atoms with E-state index in [1.165, 1.54) is 11.8 Å². The van der Waals surface area contributed by atoms with Gasteiger partial charge in [-0.05, 0) is 71.9 Å². The number of hydrogen-bond donors (Lipinski definition) is 1. The van der Waals surface area contributed by atoms with Gasteiger partial charge in [0, 0.05) is 5.02 Å². The molecule has 1 aliphatic rings. The quantitative estimate of drug-likeness (QED) is 0.285. The van der Waals surface area contributed by atoms with E-state index in [-0.39, 0.29) is 5.91 Å². The maximum absolute atomic E-state index is 12.3. The van der Waals surface area contributed by atoms with Crippen molar-refractivity contribution < 1.29 is 14.3 Å². The van der Waals surface area contributed by atoms with Crippen LogP contribution in [0.15, 0.2) is 82.7 Å². The zero-order chi connectivity index (χ0) is 21.8. The summed E-state index contributed by atoms with van der Waals surface area (Å²) in [5.74, 6) is -0.324. The summed E-state index contributed by atoms with van der Waals surface area (Å²) in [5.41, 5.74) is 1.77. The van der Waals surface area contributed by atoms with E-state index in [1.54, 1.807) is 66.7 Å². The Balaban J connectivity index is 1.44. The lowest BCUT2D eigenvalue weighted by Gasteiger charge is -2.05. The van der Waals surface area contributed by atoms with Crippen molar-refractivity contribution in [3.63, 3.8) is 0 Å². The molecule has 0 aliphatic carbocycles. The van der Waals surface area contributed by atoms with Gasteiger partial charge >= 0.3 is 5.97 Å². The van der Waals surface area contributed by atoms with Crippen LogP contribution >= 0.6 is 35.0 Å². The summed E-state index contributed by atoms with van der Waals surface area (Å²) in [6.45, 7) is 0. The molecule has 3 aromatic carbocycles. The Kier molecular flexibility index (Phi) is 6.42. The predicted molar refractivity (Wildman–Crippen MR) is 125 cm³/mol. The Hall–Kier alpha value is -3.06. The van der Waals surface area contributed by atoms with Gasteiger partial charge in [-0.25, -0.2) is 9.79 Å². The SMILES string of the molecule is O=C1NC(=Nc2ccccc2Cl)S/C1=C/c1ccc(OC(=O)c2ccc(Cl)cc2)cc1. The number of aliphatic imine (C=N–C) groups is 1. The van der Waals surface area contributed by atoms with Crippen LogP contribution in [0.4, 0.5) is 5.69 Å². The number of halogens is 2. The lowest BCUT2D eigenvalue weighted by molar-refractivity contribution is -0.115. The third-order valence-electron chi connectivity index (χ3n) is 4.19. The van der Waals surface area contributed by atoms with E-state index in [0.29, 0.717) is 37.1 Å². The molecule has 0 saturated carbocycles. The van der Waals surface area contributed by atoms with Crippen molar-refractivity contribution in [2.45, 2.75) is 0 Å². The number of para-hydroxylation sites is 1. The van der Waals surface area contributed by atoms with Crippen LogP contribution in [-0.2, 0) is 4.79 Å². The number of ether oxygens (including phenoxy) is 1. The van der Waals surface area contributed by atoms with E-state index in [2.05, 4.69) is 10.3 Å². The summed E-state index contributed by atoms with van der Waals surface area (Å²) < 4.78 is 5.36. The number of carbonyl (C=O) groups excluding carboxylic acids is 2. The Bertz CT molecular complexity index is 1210. The fourth-order valence-corrected chi connectivity index (χ4v) is 3.81. The van der Waals surface area contributed by atoms with E-state index in [1.807, 2.05) is 12.1 Å². The minimum absolute atomic E-state index is 0.242. The standard InChI is InChI=1S/C23H14Cl2N2O3S/c24-16-9-7-15(8-10-16)22(29)30-17-11-5-14(6-12-17)13-20-21(28)27-23(31-20)26-19-4-2-1-3-18(19)25/h1-13H,(H,26,27,28)/b20-13+. The molecule has 1 fully saturated rings. The number of amides is 1. The van der Waals surface area contributed by atoms with E-state index in [9.17, 15) is 9.59 Å². The van der Waals surface area contributed by atoms with Gasteiger partial charge in [-0.1, -0.05) is 47.5 Å². The molecule has 1 heterocycles. The third kappa shape index (κ3) is 5.35. The molecule has 4 rings (SSSR count). The van der Waals surface area contributed by atoms with Gasteiger partial charge in [0.2, 0.25) is 0 Å². The first kappa shape index (κ1) is 21.2. The molecule has 0 unspecified atom stereocenters. The minimum Gasteiger partial charge on any atom is -0.423 e. The molecule has 1 saturated heterocycles. The highest BCUT2D eigenvalue weighted by Gasteiger charge is 2.24. The van der Waals surface area contributed by atoms with Crippen LogP contribution in [0.25, 0.3) is 6.08 Å². The molecule has 0 bridgehead atoms. The van der Waals surface area contributed by atoms with Crippen LogP contribution in [0.2, 0.25) is 10.0 Å². The van der Waals surface area contributed by atoms with Crippen LogP contribution < -0.4 is 10.1 Å². The number of benzene rings is 3. The van der Waals surface area contributed by atoms with Gasteiger partial charge in [0.05, 0.1) is 21.2 Å². The number of nitrogens with one attached hydrogen (secondary N) is 1. The molecule has 0 spiro atoms. The van der Waals surface area contributed by atoms with Gasteiger partial charge in [-0.15, -0.1) is 0 Å². The molecule has 8 heteroatoms. The topological polar surface area (TPSA) is 67.8 Å². The van der Waals surface area contributed by atoms with Crippen molar-refractivity contribution in [1.82, 2.24) is 5.32 Å². The zero-order valence-electron chi connectivity index (χ0n) is 15.8. The molecule has 0 atom stereocenters. The van der Waals surface area contributed by atoms with Gasteiger partial charge in [0.15, 0.2) is 5.17 Å². The highest BCUT2D eigenvalue weighted by molar-refractivity contribution is 8.18. The molecule has 0 aromatic heterocycles. The monoisotopic (exact) mass is 468 g/mol. The van der Waals surface area contributed by atoms with Crippen LogP contribution in [0.1, 0.15) is 15.9 Å². The van der Waals surface area contributed by atoms with Crippen molar-refractivity contribution in [3.8, 4) is 5.75 Å². The molecular weight excluding hydrogens is 455 g/mol. The normalized spacial score (nSPS) is 15.9. The largest absolute Gasteiger partial charge is 0.423 e. The Morgan fingerprint density at radius 3 is 2.39 bits per heavy atom. The molecule has 0 radical (unpaired) electrons. The van der Waals surface area contributed by atoms with Crippen molar-refractivity contribution >= 4 is 63.8 Å². The molecule has 5 nitrogen and oxygen atoms in total. The first-order chi connectivity index (χ1) is 15.0. The number of amidine groups is 1. The fourth-order valence-electron chi connectivity index (χ4n) is 2.67. The van der Waals surface area contributed by atoms with Crippen molar-refractivity contribution in [1.29, 1.82) is 0 Å². The second-order valence-corrected chi connectivity index (χ2v) is 8.27. The number of nitrogens with zero attached hydrogens (tertiary/aromatic N) is 1. The van der Waals surface area contributed by atoms with Gasteiger partial charge < -0.3 is 10.1 Å². The maximum atomic E-state index is 12.3. The predicted octanol–water partition coefficient (Wildman–Crippen LogP) is 6.10. The molecule has 1 N–H and O–H groups in total. The molecular formula is C23H14Cl2N2O3S. The first-order valence-electron chi connectivity index (χ1n) is 9.10. The highest BCUT2D eigenvalue weighted by atomic mass is 35.5. The number of thioether (sulfide) groups is 1. The van der Waals surface area contributed by atoms with Gasteiger partial charge in [0.25, 0.3) is 5.91 Å². The smallest absolute Gasteiger partial charge is 0.343 e. The fraction of sp³-hybridized carbons (Fsp3) is 0. The van der Waals surface area contributed by atoms with Gasteiger partial charge in [-0.2, -0.15) is 0 Å². The summed E-state index contributed by atoms with van der Waals surface area (Å²) in [4.78, 5) is 29.3. The lowest BCUT2D eigenvalue weighted by Crippen LogP contribution is -2.19. The second kappa shape index (κ2) is 9.39. The van der Waals surface area contributed by atoms with E-state index in [4.69, 9.17) is 27.9 Å². The van der Waals surface area contributed by atoms with Crippen LogP contribution in [0, 0.1) is 0 Å².